The average molecular weight is 215 g/mol. The summed E-state index contributed by atoms with van der Waals surface area (Å²) in [5.74, 6) is 4.41. The number of ether oxygens (including phenoxy) is 1. The smallest absolute Gasteiger partial charge is 0.239 e. The van der Waals surface area contributed by atoms with Crippen LogP contribution in [0, 0.1) is 5.92 Å². The molecule has 3 N–H and O–H groups in total. The summed E-state index contributed by atoms with van der Waals surface area (Å²) in [6.07, 6.45) is 0.245. The van der Waals surface area contributed by atoms with Crippen LogP contribution in [0.5, 0.6) is 0 Å². The molecule has 0 aromatic heterocycles. The summed E-state index contributed by atoms with van der Waals surface area (Å²) in [7, 11) is 0. The minimum Gasteiger partial charge on any atom is -0.380 e. The van der Waals surface area contributed by atoms with Gasteiger partial charge in [-0.1, -0.05) is 0 Å². The van der Waals surface area contributed by atoms with E-state index in [1.807, 2.05) is 6.92 Å². The van der Waals surface area contributed by atoms with Gasteiger partial charge in [0.05, 0.1) is 12.5 Å². The molecule has 0 radical (unpaired) electrons. The van der Waals surface area contributed by atoms with Crippen LogP contribution in [0.1, 0.15) is 13.3 Å². The first-order chi connectivity index (χ1) is 7.19. The maximum absolute atomic E-state index is 11.4. The number of hydrazine groups is 1. The van der Waals surface area contributed by atoms with Crippen molar-refractivity contribution in [1.29, 1.82) is 0 Å². The highest BCUT2D eigenvalue weighted by molar-refractivity contribution is 5.88. The third kappa shape index (κ3) is 3.17. The van der Waals surface area contributed by atoms with Crippen LogP contribution in [0.15, 0.2) is 0 Å². The van der Waals surface area contributed by atoms with Crippen LogP contribution in [-0.2, 0) is 14.3 Å². The molecular weight excluding hydrogens is 198 g/mol. The van der Waals surface area contributed by atoms with Crippen molar-refractivity contribution in [2.45, 2.75) is 13.3 Å². The molecule has 0 aromatic carbocycles. The number of carbonyl (C=O) groups excluding carboxylic acids is 2. The van der Waals surface area contributed by atoms with Crippen molar-refractivity contribution in [2.75, 3.05) is 26.3 Å². The van der Waals surface area contributed by atoms with E-state index in [1.165, 1.54) is 0 Å². The van der Waals surface area contributed by atoms with Crippen LogP contribution in [0.3, 0.4) is 0 Å². The van der Waals surface area contributed by atoms with E-state index in [-0.39, 0.29) is 24.2 Å². The van der Waals surface area contributed by atoms with Crippen LogP contribution < -0.4 is 11.3 Å². The van der Waals surface area contributed by atoms with Crippen molar-refractivity contribution in [3.05, 3.63) is 0 Å². The molecule has 2 amide bonds. The Bertz CT molecular complexity index is 245. The standard InChI is InChI=1S/C9H17N3O3/c1-2-15-4-3-12-6-7(5-8(12)13)9(14)11-10/h7H,2-6,10H2,1H3,(H,11,14)/t7-/m1/s1. The summed E-state index contributed by atoms with van der Waals surface area (Å²) in [6, 6.07) is 0. The largest absolute Gasteiger partial charge is 0.380 e. The minimum absolute atomic E-state index is 0.0108. The van der Waals surface area contributed by atoms with Gasteiger partial charge in [0, 0.05) is 26.1 Å². The molecule has 1 fully saturated rings. The Labute approximate surface area is 88.7 Å². The van der Waals surface area contributed by atoms with E-state index in [2.05, 4.69) is 5.43 Å². The number of hydrogen-bond donors (Lipinski definition) is 2. The fourth-order valence-corrected chi connectivity index (χ4v) is 1.60. The second-order valence-electron chi connectivity index (χ2n) is 3.45. The number of nitrogens with two attached hydrogens (primary N) is 1. The van der Waals surface area contributed by atoms with Gasteiger partial charge in [-0.05, 0) is 6.92 Å². The summed E-state index contributed by atoms with van der Waals surface area (Å²) < 4.78 is 5.15. The van der Waals surface area contributed by atoms with Crippen LogP contribution in [-0.4, -0.2) is 43.0 Å². The fraction of sp³-hybridized carbons (Fsp3) is 0.778. The monoisotopic (exact) mass is 215 g/mol. The van der Waals surface area contributed by atoms with Gasteiger partial charge in [0.1, 0.15) is 0 Å². The maximum Gasteiger partial charge on any atom is 0.239 e. The zero-order chi connectivity index (χ0) is 11.3. The van der Waals surface area contributed by atoms with Gasteiger partial charge in [-0.15, -0.1) is 0 Å². The molecule has 6 nitrogen and oxygen atoms in total. The molecule has 0 bridgehead atoms. The molecule has 86 valence electrons. The number of hydrogen-bond acceptors (Lipinski definition) is 4. The first-order valence-corrected chi connectivity index (χ1v) is 5.05. The Morgan fingerprint density at radius 2 is 2.47 bits per heavy atom. The third-order valence-electron chi connectivity index (χ3n) is 2.44. The molecule has 1 heterocycles. The summed E-state index contributed by atoms with van der Waals surface area (Å²) in [5.41, 5.74) is 2.07. The molecule has 15 heavy (non-hydrogen) atoms. The van der Waals surface area contributed by atoms with E-state index in [0.717, 1.165) is 0 Å². The first kappa shape index (κ1) is 11.9. The Hall–Kier alpha value is -1.14. The Kier molecular flexibility index (Phi) is 4.51. The lowest BCUT2D eigenvalue weighted by molar-refractivity contribution is -0.129. The van der Waals surface area contributed by atoms with E-state index >= 15 is 0 Å². The zero-order valence-electron chi connectivity index (χ0n) is 8.86. The van der Waals surface area contributed by atoms with Crippen molar-refractivity contribution in [2.24, 2.45) is 11.8 Å². The van der Waals surface area contributed by atoms with Gasteiger partial charge in [0.2, 0.25) is 11.8 Å². The second kappa shape index (κ2) is 5.67. The molecule has 0 unspecified atom stereocenters. The Balaban J connectivity index is 2.35. The molecule has 6 heteroatoms. The van der Waals surface area contributed by atoms with Gasteiger partial charge in [-0.25, -0.2) is 5.84 Å². The normalized spacial score (nSPS) is 20.8. The van der Waals surface area contributed by atoms with E-state index in [4.69, 9.17) is 10.6 Å². The summed E-state index contributed by atoms with van der Waals surface area (Å²) in [6.45, 7) is 4.03. The predicted molar refractivity (Wildman–Crippen MR) is 53.5 cm³/mol. The van der Waals surface area contributed by atoms with E-state index < -0.39 is 0 Å². The number of nitrogens with zero attached hydrogens (tertiary/aromatic N) is 1. The van der Waals surface area contributed by atoms with Crippen molar-refractivity contribution < 1.29 is 14.3 Å². The molecule has 0 aliphatic carbocycles. The zero-order valence-corrected chi connectivity index (χ0v) is 8.86. The maximum atomic E-state index is 11.4. The lowest BCUT2D eigenvalue weighted by Crippen LogP contribution is -2.37. The molecule has 1 rings (SSSR count). The predicted octanol–water partition coefficient (Wildman–Crippen LogP) is -1.14. The number of nitrogens with one attached hydrogen (secondary N) is 1. The first-order valence-electron chi connectivity index (χ1n) is 5.05. The van der Waals surface area contributed by atoms with Crippen molar-refractivity contribution >= 4 is 11.8 Å². The van der Waals surface area contributed by atoms with Crippen LogP contribution >= 0.6 is 0 Å². The average Bonchev–Trinajstić information content (AvgIpc) is 2.60. The fourth-order valence-electron chi connectivity index (χ4n) is 1.60. The molecular formula is C9H17N3O3. The highest BCUT2D eigenvalue weighted by atomic mass is 16.5. The van der Waals surface area contributed by atoms with Crippen LogP contribution in [0.25, 0.3) is 0 Å². The van der Waals surface area contributed by atoms with Crippen molar-refractivity contribution in [3.63, 3.8) is 0 Å². The van der Waals surface area contributed by atoms with Crippen LogP contribution in [0.2, 0.25) is 0 Å². The minimum atomic E-state index is -0.316. The SMILES string of the molecule is CCOCCN1C[C@H](C(=O)NN)CC1=O. The summed E-state index contributed by atoms with van der Waals surface area (Å²) in [4.78, 5) is 24.3. The molecule has 1 aliphatic rings. The number of carbonyl (C=O) groups is 2. The van der Waals surface area contributed by atoms with Crippen molar-refractivity contribution in [1.82, 2.24) is 10.3 Å². The lowest BCUT2D eigenvalue weighted by atomic mass is 10.1. The quantitative estimate of drug-likeness (QED) is 0.263. The van der Waals surface area contributed by atoms with Gasteiger partial charge in [0.25, 0.3) is 0 Å². The molecule has 1 saturated heterocycles. The third-order valence-corrected chi connectivity index (χ3v) is 2.44. The highest BCUT2D eigenvalue weighted by Crippen LogP contribution is 2.17. The topological polar surface area (TPSA) is 84.7 Å². The Morgan fingerprint density at radius 1 is 1.73 bits per heavy atom. The number of likely N-dealkylation sites (tertiary alicyclic amines) is 1. The molecule has 1 aliphatic heterocycles. The van der Waals surface area contributed by atoms with Crippen LogP contribution in [0.4, 0.5) is 0 Å². The summed E-state index contributed by atoms with van der Waals surface area (Å²) in [5, 5.41) is 0. The van der Waals surface area contributed by atoms with Gasteiger partial charge in [-0.3, -0.25) is 15.0 Å². The summed E-state index contributed by atoms with van der Waals surface area (Å²) >= 11 is 0. The number of rotatable bonds is 5. The second-order valence-corrected chi connectivity index (χ2v) is 3.45. The van der Waals surface area contributed by atoms with E-state index in [0.29, 0.717) is 26.3 Å². The highest BCUT2D eigenvalue weighted by Gasteiger charge is 2.33. The molecule has 0 aromatic rings. The Morgan fingerprint density at radius 3 is 3.07 bits per heavy atom. The number of amides is 2. The van der Waals surface area contributed by atoms with Crippen molar-refractivity contribution in [3.8, 4) is 0 Å². The van der Waals surface area contributed by atoms with E-state index in [1.54, 1.807) is 4.90 Å². The molecule has 0 spiro atoms. The van der Waals surface area contributed by atoms with Gasteiger partial charge >= 0.3 is 0 Å². The van der Waals surface area contributed by atoms with Gasteiger partial charge < -0.3 is 9.64 Å². The molecule has 0 saturated carbocycles. The van der Waals surface area contributed by atoms with E-state index in [9.17, 15) is 9.59 Å². The van der Waals surface area contributed by atoms with Gasteiger partial charge in [0.15, 0.2) is 0 Å². The lowest BCUT2D eigenvalue weighted by Gasteiger charge is -2.15. The molecule has 1 atom stereocenters. The van der Waals surface area contributed by atoms with Gasteiger partial charge in [-0.2, -0.15) is 0 Å².